The maximum absolute atomic E-state index is 6.61. The van der Waals surface area contributed by atoms with Crippen molar-refractivity contribution in [1.82, 2.24) is 9.13 Å². The molecule has 0 N–H and O–H groups in total. The zero-order valence-corrected chi connectivity index (χ0v) is 28.7. The van der Waals surface area contributed by atoms with Crippen molar-refractivity contribution in [2.75, 3.05) is 0 Å². The summed E-state index contributed by atoms with van der Waals surface area (Å²) in [7, 11) is 0. The van der Waals surface area contributed by atoms with Gasteiger partial charge < -0.3 is 13.6 Å². The van der Waals surface area contributed by atoms with E-state index in [-0.39, 0.29) is 0 Å². The van der Waals surface area contributed by atoms with E-state index in [1.807, 2.05) is 11.3 Å². The number of nitrogens with zero attached hydrogens (tertiary/aromatic N) is 2. The van der Waals surface area contributed by atoms with Crippen molar-refractivity contribution in [3.05, 3.63) is 170 Å². The summed E-state index contributed by atoms with van der Waals surface area (Å²) >= 11 is 1.87. The maximum Gasteiger partial charge on any atom is 0.136 e. The molecule has 0 saturated heterocycles. The molecule has 0 atom stereocenters. The molecule has 0 aliphatic carbocycles. The molecular weight excluding hydrogens is 653 g/mol. The molecule has 12 rings (SSSR count). The second-order valence-corrected chi connectivity index (χ2v) is 14.7. The van der Waals surface area contributed by atoms with Crippen LogP contribution in [0.4, 0.5) is 0 Å². The highest BCUT2D eigenvalue weighted by Gasteiger charge is 2.22. The Hall–Kier alpha value is -6.62. The predicted octanol–water partition coefficient (Wildman–Crippen LogP) is 13.8. The molecule has 0 spiro atoms. The molecule has 4 heteroatoms. The molecule has 52 heavy (non-hydrogen) atoms. The van der Waals surface area contributed by atoms with Crippen molar-refractivity contribution < 1.29 is 4.42 Å². The molecule has 8 aromatic carbocycles. The molecule has 0 amide bonds. The minimum absolute atomic E-state index is 0.888. The molecule has 0 radical (unpaired) electrons. The van der Waals surface area contributed by atoms with E-state index in [1.165, 1.54) is 74.9 Å². The number of furan rings is 1. The number of aromatic nitrogens is 2. The van der Waals surface area contributed by atoms with Gasteiger partial charge in [0.15, 0.2) is 0 Å². The van der Waals surface area contributed by atoms with Crippen molar-refractivity contribution in [1.29, 1.82) is 0 Å². The van der Waals surface area contributed by atoms with Crippen LogP contribution in [0, 0.1) is 0 Å². The van der Waals surface area contributed by atoms with Crippen molar-refractivity contribution >= 4 is 97.1 Å². The summed E-state index contributed by atoms with van der Waals surface area (Å²) in [5.41, 5.74) is 11.2. The number of hydrogen-bond acceptors (Lipinski definition) is 2. The smallest absolute Gasteiger partial charge is 0.136 e. The lowest BCUT2D eigenvalue weighted by atomic mass is 9.97. The van der Waals surface area contributed by atoms with Gasteiger partial charge in [0.2, 0.25) is 0 Å². The molecule has 0 fully saturated rings. The Morgan fingerprint density at radius 3 is 1.77 bits per heavy atom. The lowest BCUT2D eigenvalue weighted by Gasteiger charge is -2.13. The Bertz CT molecular complexity index is 3410. The van der Waals surface area contributed by atoms with Crippen LogP contribution in [-0.4, -0.2) is 9.13 Å². The minimum atomic E-state index is 0.888. The summed E-state index contributed by atoms with van der Waals surface area (Å²) in [6.45, 7) is 0. The van der Waals surface area contributed by atoms with Crippen LogP contribution in [0.25, 0.3) is 108 Å². The van der Waals surface area contributed by atoms with Gasteiger partial charge in [-0.2, -0.15) is 0 Å². The third kappa shape index (κ3) is 3.74. The van der Waals surface area contributed by atoms with Gasteiger partial charge in [0, 0.05) is 69.4 Å². The van der Waals surface area contributed by atoms with Crippen molar-refractivity contribution in [2.24, 2.45) is 0 Å². The fraction of sp³-hybridized carbons (Fsp3) is 0. The van der Waals surface area contributed by atoms with Gasteiger partial charge in [0.05, 0.1) is 22.1 Å². The third-order valence-electron chi connectivity index (χ3n) is 10.9. The zero-order chi connectivity index (χ0) is 33.9. The second kappa shape index (κ2) is 10.5. The van der Waals surface area contributed by atoms with Crippen LogP contribution < -0.4 is 0 Å². The van der Waals surface area contributed by atoms with Gasteiger partial charge in [0.1, 0.15) is 11.2 Å². The van der Waals surface area contributed by atoms with Gasteiger partial charge in [-0.15, -0.1) is 11.3 Å². The number of hydrogen-bond donors (Lipinski definition) is 0. The number of thiophene rings is 1. The number of para-hydroxylation sites is 3. The van der Waals surface area contributed by atoms with E-state index in [9.17, 15) is 0 Å². The van der Waals surface area contributed by atoms with Crippen LogP contribution in [0.5, 0.6) is 0 Å². The summed E-state index contributed by atoms with van der Waals surface area (Å²) < 4.78 is 14.1. The first-order chi connectivity index (χ1) is 25.8. The monoisotopic (exact) mass is 680 g/mol. The molecule has 12 aromatic rings. The first-order valence-electron chi connectivity index (χ1n) is 17.7. The molecular formula is C48H28N2OS. The molecule has 4 aromatic heterocycles. The summed E-state index contributed by atoms with van der Waals surface area (Å²) in [6, 6.07) is 61.6. The highest BCUT2D eigenvalue weighted by molar-refractivity contribution is 7.26. The molecule has 0 aliphatic heterocycles. The quantitative estimate of drug-likeness (QED) is 0.182. The number of benzene rings is 8. The van der Waals surface area contributed by atoms with E-state index in [0.717, 1.165) is 33.3 Å². The van der Waals surface area contributed by atoms with E-state index in [0.29, 0.717) is 0 Å². The summed E-state index contributed by atoms with van der Waals surface area (Å²) in [5, 5.41) is 9.82. The first-order valence-corrected chi connectivity index (χ1v) is 18.5. The largest absolute Gasteiger partial charge is 0.456 e. The van der Waals surface area contributed by atoms with E-state index in [4.69, 9.17) is 4.42 Å². The van der Waals surface area contributed by atoms with Gasteiger partial charge in [0.25, 0.3) is 0 Å². The number of fused-ring (bicyclic) bond motifs is 13. The fourth-order valence-corrected chi connectivity index (χ4v) is 9.98. The zero-order valence-electron chi connectivity index (χ0n) is 27.9. The summed E-state index contributed by atoms with van der Waals surface area (Å²) in [4.78, 5) is 0. The van der Waals surface area contributed by atoms with Gasteiger partial charge in [-0.1, -0.05) is 115 Å². The van der Waals surface area contributed by atoms with Crippen molar-refractivity contribution in [3.63, 3.8) is 0 Å². The lowest BCUT2D eigenvalue weighted by molar-refractivity contribution is 0.669. The van der Waals surface area contributed by atoms with Crippen molar-refractivity contribution in [2.45, 2.75) is 0 Å². The Kier molecular flexibility index (Phi) is 5.65. The molecule has 3 nitrogen and oxygen atoms in total. The Balaban J connectivity index is 1.20. The number of rotatable bonds is 3. The molecule has 242 valence electrons. The van der Waals surface area contributed by atoms with Crippen LogP contribution >= 0.6 is 11.3 Å². The van der Waals surface area contributed by atoms with Crippen LogP contribution in [0.2, 0.25) is 0 Å². The highest BCUT2D eigenvalue weighted by atomic mass is 32.1. The predicted molar refractivity (Wildman–Crippen MR) is 221 cm³/mol. The van der Waals surface area contributed by atoms with Gasteiger partial charge in [-0.3, -0.25) is 0 Å². The van der Waals surface area contributed by atoms with E-state index >= 15 is 0 Å². The van der Waals surface area contributed by atoms with E-state index in [1.54, 1.807) is 0 Å². The molecule has 4 heterocycles. The first kappa shape index (κ1) is 28.1. The lowest BCUT2D eigenvalue weighted by Crippen LogP contribution is -1.98. The maximum atomic E-state index is 6.61. The normalized spacial score (nSPS) is 12.2. The Labute approximate surface area is 301 Å². The fourth-order valence-electron chi connectivity index (χ4n) is 8.75. The standard InChI is InChI=1S/C48H28N2OS/c1-2-12-29(13-3-1)49-40-20-7-4-14-31(40)35-25-26-36-32-15-5-8-21-41(32)50(47(36)46(35)49)30-24-27-42-39(28-30)45-34(17-11-22-43(45)51-42)38-19-10-18-37-33-16-6-9-23-44(33)52-48(37)38/h1-28H. The highest BCUT2D eigenvalue weighted by Crippen LogP contribution is 2.46. The van der Waals surface area contributed by atoms with Crippen LogP contribution in [0.1, 0.15) is 0 Å². The average Bonchev–Trinajstić information content (AvgIpc) is 3.95. The average molecular weight is 681 g/mol. The third-order valence-corrected chi connectivity index (χ3v) is 12.1. The molecule has 0 aliphatic rings. The molecule has 0 bridgehead atoms. The Morgan fingerprint density at radius 2 is 1.00 bits per heavy atom. The molecule has 0 unspecified atom stereocenters. The topological polar surface area (TPSA) is 23.0 Å². The van der Waals surface area contributed by atoms with Gasteiger partial charge in [-0.25, -0.2) is 0 Å². The minimum Gasteiger partial charge on any atom is -0.456 e. The second-order valence-electron chi connectivity index (χ2n) is 13.6. The van der Waals surface area contributed by atoms with Crippen LogP contribution in [0.15, 0.2) is 174 Å². The van der Waals surface area contributed by atoms with Gasteiger partial charge in [-0.05, 0) is 60.2 Å². The molecule has 0 saturated carbocycles. The SMILES string of the molecule is c1ccc(-n2c3ccccc3c3ccc4c5ccccc5n(-c5ccc6oc7cccc(-c8cccc9c8sc8ccccc89)c7c6c5)c4c32)cc1. The Morgan fingerprint density at radius 1 is 0.385 bits per heavy atom. The van der Waals surface area contributed by atoms with Crippen LogP contribution in [-0.2, 0) is 0 Å². The van der Waals surface area contributed by atoms with Crippen LogP contribution in [0.3, 0.4) is 0 Å². The van der Waals surface area contributed by atoms with Gasteiger partial charge >= 0.3 is 0 Å². The van der Waals surface area contributed by atoms with E-state index < -0.39 is 0 Å². The summed E-state index contributed by atoms with van der Waals surface area (Å²) in [6.07, 6.45) is 0. The van der Waals surface area contributed by atoms with E-state index in [2.05, 4.69) is 179 Å². The summed E-state index contributed by atoms with van der Waals surface area (Å²) in [5.74, 6) is 0. The van der Waals surface area contributed by atoms with Crippen molar-refractivity contribution in [3.8, 4) is 22.5 Å².